The van der Waals surface area contributed by atoms with Crippen molar-refractivity contribution >= 4 is 5.97 Å². The van der Waals surface area contributed by atoms with E-state index in [2.05, 4.69) is 13.8 Å². The predicted octanol–water partition coefficient (Wildman–Crippen LogP) is 4.05. The molecule has 0 N–H and O–H groups in total. The van der Waals surface area contributed by atoms with Crippen molar-refractivity contribution in [2.75, 3.05) is 0 Å². The second kappa shape index (κ2) is 8.52. The minimum Gasteiger partial charge on any atom is -0.436 e. The van der Waals surface area contributed by atoms with Crippen molar-refractivity contribution in [1.82, 2.24) is 0 Å². The van der Waals surface area contributed by atoms with Crippen LogP contribution in [-0.2, 0) is 14.3 Å². The first-order chi connectivity index (χ1) is 8.67. The molecule has 3 heteroatoms. The summed E-state index contributed by atoms with van der Waals surface area (Å²) in [6.07, 6.45) is 8.13. The smallest absolute Gasteiger partial charge is 0.308 e. The van der Waals surface area contributed by atoms with Gasteiger partial charge >= 0.3 is 5.97 Å². The van der Waals surface area contributed by atoms with E-state index in [4.69, 9.17) is 9.47 Å². The van der Waals surface area contributed by atoms with Gasteiger partial charge in [0.15, 0.2) is 0 Å². The van der Waals surface area contributed by atoms with Crippen molar-refractivity contribution in [1.29, 1.82) is 0 Å². The van der Waals surface area contributed by atoms with Crippen LogP contribution in [0.3, 0.4) is 0 Å². The van der Waals surface area contributed by atoms with Gasteiger partial charge in [0, 0.05) is 12.8 Å². The number of hydrogen-bond acceptors (Lipinski definition) is 3. The quantitative estimate of drug-likeness (QED) is 0.485. The Labute approximate surface area is 111 Å². The van der Waals surface area contributed by atoms with Gasteiger partial charge < -0.3 is 9.47 Å². The zero-order chi connectivity index (χ0) is 13.4. The van der Waals surface area contributed by atoms with Crippen molar-refractivity contribution in [3.8, 4) is 0 Å². The van der Waals surface area contributed by atoms with Gasteiger partial charge in [0.25, 0.3) is 0 Å². The van der Waals surface area contributed by atoms with Gasteiger partial charge in [0.05, 0.1) is 6.10 Å². The maximum absolute atomic E-state index is 11.6. The van der Waals surface area contributed by atoms with E-state index in [-0.39, 0.29) is 18.4 Å². The topological polar surface area (TPSA) is 35.5 Å². The zero-order valence-corrected chi connectivity index (χ0v) is 12.1. The molecule has 0 spiro atoms. The molecular formula is C15H28O3. The second-order valence-corrected chi connectivity index (χ2v) is 5.32. The van der Waals surface area contributed by atoms with Gasteiger partial charge in [-0.2, -0.15) is 0 Å². The lowest BCUT2D eigenvalue weighted by Gasteiger charge is -2.25. The Bertz CT molecular complexity index is 234. The molecule has 18 heavy (non-hydrogen) atoms. The molecule has 1 rings (SSSR count). The second-order valence-electron chi connectivity index (χ2n) is 5.32. The van der Waals surface area contributed by atoms with Gasteiger partial charge in [0.1, 0.15) is 0 Å². The van der Waals surface area contributed by atoms with Gasteiger partial charge in [-0.3, -0.25) is 4.79 Å². The molecule has 0 heterocycles. The van der Waals surface area contributed by atoms with Crippen molar-refractivity contribution in [2.45, 2.75) is 84.5 Å². The summed E-state index contributed by atoms with van der Waals surface area (Å²) >= 11 is 0. The maximum atomic E-state index is 11.6. The highest BCUT2D eigenvalue weighted by Gasteiger charge is 2.25. The normalized spacial score (nSPS) is 19.7. The van der Waals surface area contributed by atoms with Crippen LogP contribution in [0.15, 0.2) is 0 Å². The van der Waals surface area contributed by atoms with Gasteiger partial charge in [-0.25, -0.2) is 0 Å². The number of hydrogen-bond donors (Lipinski definition) is 0. The van der Waals surface area contributed by atoms with Crippen molar-refractivity contribution in [3.05, 3.63) is 0 Å². The van der Waals surface area contributed by atoms with Crippen LogP contribution >= 0.6 is 0 Å². The number of carbonyl (C=O) groups is 1. The molecule has 0 aliphatic heterocycles. The Morgan fingerprint density at radius 3 is 2.50 bits per heavy atom. The third kappa shape index (κ3) is 5.38. The Kier molecular flexibility index (Phi) is 7.33. The Hall–Kier alpha value is -0.570. The van der Waals surface area contributed by atoms with E-state index in [0.29, 0.717) is 12.3 Å². The molecule has 1 aliphatic rings. The first-order valence-electron chi connectivity index (χ1n) is 7.52. The van der Waals surface area contributed by atoms with Crippen LogP contribution in [0.4, 0.5) is 0 Å². The van der Waals surface area contributed by atoms with Crippen LogP contribution in [0.1, 0.15) is 72.1 Å². The predicted molar refractivity (Wildman–Crippen MR) is 72.2 cm³/mol. The third-order valence-corrected chi connectivity index (χ3v) is 3.76. The van der Waals surface area contributed by atoms with Gasteiger partial charge in [-0.05, 0) is 32.1 Å². The largest absolute Gasteiger partial charge is 0.436 e. The molecule has 0 aromatic carbocycles. The summed E-state index contributed by atoms with van der Waals surface area (Å²) < 4.78 is 11.3. The minimum atomic E-state index is -0.357. The number of unbranched alkanes of at least 4 members (excludes halogenated alkanes) is 1. The molecule has 0 bridgehead atoms. The standard InChI is InChI=1S/C15H28O3/c1-4-6-11-14(16)18-15(5-2)17-12(3)13-9-7-8-10-13/h12-13,15H,4-11H2,1-3H3. The van der Waals surface area contributed by atoms with Gasteiger partial charge in [-0.15, -0.1) is 0 Å². The maximum Gasteiger partial charge on any atom is 0.308 e. The molecule has 106 valence electrons. The zero-order valence-electron chi connectivity index (χ0n) is 12.1. The van der Waals surface area contributed by atoms with Crippen molar-refractivity contribution < 1.29 is 14.3 Å². The molecule has 2 unspecified atom stereocenters. The number of rotatable bonds is 8. The molecule has 0 radical (unpaired) electrons. The summed E-state index contributed by atoms with van der Waals surface area (Å²) in [7, 11) is 0. The first-order valence-corrected chi connectivity index (χ1v) is 7.52. The van der Waals surface area contributed by atoms with Gasteiger partial charge in [-0.1, -0.05) is 33.1 Å². The molecule has 1 fully saturated rings. The van der Waals surface area contributed by atoms with E-state index in [9.17, 15) is 4.79 Å². The summed E-state index contributed by atoms with van der Waals surface area (Å²) in [4.78, 5) is 11.6. The monoisotopic (exact) mass is 256 g/mol. The summed E-state index contributed by atoms with van der Waals surface area (Å²) in [6, 6.07) is 0. The number of esters is 1. The van der Waals surface area contributed by atoms with Crippen LogP contribution in [-0.4, -0.2) is 18.4 Å². The summed E-state index contributed by atoms with van der Waals surface area (Å²) in [5, 5.41) is 0. The van der Waals surface area contributed by atoms with E-state index in [1.165, 1.54) is 25.7 Å². The van der Waals surface area contributed by atoms with Crippen LogP contribution in [0.2, 0.25) is 0 Å². The van der Waals surface area contributed by atoms with E-state index in [0.717, 1.165) is 19.3 Å². The molecule has 2 atom stereocenters. The summed E-state index contributed by atoms with van der Waals surface area (Å²) in [6.45, 7) is 6.18. The molecule has 1 saturated carbocycles. The van der Waals surface area contributed by atoms with Crippen LogP contribution < -0.4 is 0 Å². The number of carbonyl (C=O) groups excluding carboxylic acids is 1. The van der Waals surface area contributed by atoms with Crippen LogP contribution in [0, 0.1) is 5.92 Å². The Morgan fingerprint density at radius 1 is 1.28 bits per heavy atom. The van der Waals surface area contributed by atoms with Crippen molar-refractivity contribution in [2.24, 2.45) is 5.92 Å². The van der Waals surface area contributed by atoms with Crippen LogP contribution in [0.25, 0.3) is 0 Å². The third-order valence-electron chi connectivity index (χ3n) is 3.76. The van der Waals surface area contributed by atoms with E-state index >= 15 is 0 Å². The lowest BCUT2D eigenvalue weighted by atomic mass is 10.0. The van der Waals surface area contributed by atoms with Crippen molar-refractivity contribution in [3.63, 3.8) is 0 Å². The summed E-state index contributed by atoms with van der Waals surface area (Å²) in [5.74, 6) is 0.524. The van der Waals surface area contributed by atoms with E-state index < -0.39 is 0 Å². The average Bonchev–Trinajstić information content (AvgIpc) is 2.89. The molecule has 1 aliphatic carbocycles. The fourth-order valence-corrected chi connectivity index (χ4v) is 2.51. The fourth-order valence-electron chi connectivity index (χ4n) is 2.51. The highest BCUT2D eigenvalue weighted by Crippen LogP contribution is 2.30. The fraction of sp³-hybridized carbons (Fsp3) is 0.933. The first kappa shape index (κ1) is 15.5. The summed E-state index contributed by atoms with van der Waals surface area (Å²) in [5.41, 5.74) is 0. The lowest BCUT2D eigenvalue weighted by molar-refractivity contribution is -0.193. The SMILES string of the molecule is CCCCC(=O)OC(CC)OC(C)C1CCCC1. The lowest BCUT2D eigenvalue weighted by Crippen LogP contribution is -2.28. The highest BCUT2D eigenvalue weighted by atomic mass is 16.7. The molecule has 0 saturated heterocycles. The average molecular weight is 256 g/mol. The minimum absolute atomic E-state index is 0.123. The van der Waals surface area contributed by atoms with E-state index in [1.807, 2.05) is 6.92 Å². The molecule has 0 aromatic heterocycles. The molecule has 3 nitrogen and oxygen atoms in total. The molecule has 0 aromatic rings. The Morgan fingerprint density at radius 2 is 1.94 bits per heavy atom. The highest BCUT2D eigenvalue weighted by molar-refractivity contribution is 5.69. The molecule has 0 amide bonds. The molecular weight excluding hydrogens is 228 g/mol. The Balaban J connectivity index is 2.29. The van der Waals surface area contributed by atoms with Crippen LogP contribution in [0.5, 0.6) is 0 Å². The van der Waals surface area contributed by atoms with E-state index in [1.54, 1.807) is 0 Å². The number of ether oxygens (including phenoxy) is 2. The van der Waals surface area contributed by atoms with Gasteiger partial charge in [0.2, 0.25) is 6.29 Å².